The SMILES string of the molecule is CC(C)C(=O)Nc1cccc(C2CCN(CCCc3c(-c4cccc(Cl)c4)[nH]c4c3ccc3ccccc34)CC2)c1. The highest BCUT2D eigenvalue weighted by Crippen LogP contribution is 2.36. The molecule has 0 unspecified atom stereocenters. The number of rotatable bonds is 8. The van der Waals surface area contributed by atoms with Crippen molar-refractivity contribution in [1.82, 2.24) is 9.88 Å². The van der Waals surface area contributed by atoms with Crippen LogP contribution in [0.3, 0.4) is 0 Å². The van der Waals surface area contributed by atoms with Crippen LogP contribution in [-0.4, -0.2) is 35.4 Å². The third-order valence-corrected chi connectivity index (χ3v) is 8.79. The second-order valence-electron chi connectivity index (χ2n) is 11.7. The molecule has 0 aliphatic carbocycles. The van der Waals surface area contributed by atoms with E-state index in [4.69, 9.17) is 11.6 Å². The van der Waals surface area contributed by atoms with Crippen LogP contribution in [0.2, 0.25) is 5.02 Å². The van der Waals surface area contributed by atoms with E-state index in [1.54, 1.807) is 0 Å². The number of aryl methyl sites for hydroxylation is 1. The summed E-state index contributed by atoms with van der Waals surface area (Å²) in [5.74, 6) is 0.587. The first-order valence-electron chi connectivity index (χ1n) is 14.9. The minimum atomic E-state index is -0.0212. The second kappa shape index (κ2) is 12.1. The van der Waals surface area contributed by atoms with Gasteiger partial charge < -0.3 is 15.2 Å². The Morgan fingerprint density at radius 1 is 0.951 bits per heavy atom. The number of aromatic amines is 1. The molecule has 4 aromatic carbocycles. The van der Waals surface area contributed by atoms with Gasteiger partial charge in [-0.15, -0.1) is 0 Å². The zero-order valence-electron chi connectivity index (χ0n) is 23.9. The lowest BCUT2D eigenvalue weighted by atomic mass is 9.89. The summed E-state index contributed by atoms with van der Waals surface area (Å²) in [5, 5.41) is 7.63. The smallest absolute Gasteiger partial charge is 0.226 e. The lowest BCUT2D eigenvalue weighted by molar-refractivity contribution is -0.118. The van der Waals surface area contributed by atoms with Crippen LogP contribution in [-0.2, 0) is 11.2 Å². The van der Waals surface area contributed by atoms with E-state index in [-0.39, 0.29) is 11.8 Å². The molecule has 1 aliphatic rings. The molecule has 210 valence electrons. The molecule has 4 nitrogen and oxygen atoms in total. The highest BCUT2D eigenvalue weighted by molar-refractivity contribution is 6.30. The fraction of sp³-hybridized carbons (Fsp3) is 0.306. The number of carbonyl (C=O) groups is 1. The zero-order chi connectivity index (χ0) is 28.3. The molecular weight excluding hydrogens is 526 g/mol. The van der Waals surface area contributed by atoms with Gasteiger partial charge in [-0.05, 0) is 97.6 Å². The maximum absolute atomic E-state index is 12.1. The Balaban J connectivity index is 1.14. The van der Waals surface area contributed by atoms with Gasteiger partial charge in [0.1, 0.15) is 0 Å². The van der Waals surface area contributed by atoms with Crippen LogP contribution in [0.1, 0.15) is 50.2 Å². The van der Waals surface area contributed by atoms with Crippen molar-refractivity contribution < 1.29 is 4.79 Å². The van der Waals surface area contributed by atoms with Crippen molar-refractivity contribution >= 4 is 44.9 Å². The Labute approximate surface area is 247 Å². The molecule has 1 fully saturated rings. The standard InChI is InChI=1S/C36H38ClN3O/c1-24(2)36(41)38-30-12-6-9-27(23-30)25-17-20-40(21-18-25)19-7-14-32-33-16-15-26-8-3-4-13-31(26)35(33)39-34(32)28-10-5-11-29(37)22-28/h3-6,8-13,15-16,22-25,39H,7,14,17-21H2,1-2H3,(H,38,41). The maximum atomic E-state index is 12.1. The van der Waals surface area contributed by atoms with Crippen molar-refractivity contribution in [2.24, 2.45) is 5.92 Å². The highest BCUT2D eigenvalue weighted by Gasteiger charge is 2.22. The average Bonchev–Trinajstić information content (AvgIpc) is 3.37. The first-order valence-corrected chi connectivity index (χ1v) is 15.3. The summed E-state index contributed by atoms with van der Waals surface area (Å²) in [6.07, 6.45) is 4.41. The Hall–Kier alpha value is -3.60. The largest absolute Gasteiger partial charge is 0.354 e. The number of anilines is 1. The molecule has 5 heteroatoms. The van der Waals surface area contributed by atoms with Crippen LogP contribution in [0.5, 0.6) is 0 Å². The minimum Gasteiger partial charge on any atom is -0.354 e. The number of hydrogen-bond donors (Lipinski definition) is 2. The number of likely N-dealkylation sites (tertiary alicyclic amines) is 1. The number of hydrogen-bond acceptors (Lipinski definition) is 2. The van der Waals surface area contributed by atoms with E-state index in [9.17, 15) is 4.79 Å². The van der Waals surface area contributed by atoms with Crippen LogP contribution < -0.4 is 5.32 Å². The molecule has 1 saturated heterocycles. The minimum absolute atomic E-state index is 0.0212. The molecule has 0 saturated carbocycles. The molecule has 5 aromatic rings. The van der Waals surface area contributed by atoms with Gasteiger partial charge in [0.25, 0.3) is 0 Å². The number of piperidine rings is 1. The molecule has 2 heterocycles. The summed E-state index contributed by atoms with van der Waals surface area (Å²) < 4.78 is 0. The van der Waals surface area contributed by atoms with E-state index in [0.29, 0.717) is 5.92 Å². The number of aromatic nitrogens is 1. The molecule has 0 bridgehead atoms. The lowest BCUT2D eigenvalue weighted by Crippen LogP contribution is -2.33. The molecule has 41 heavy (non-hydrogen) atoms. The van der Waals surface area contributed by atoms with Crippen molar-refractivity contribution in [2.75, 3.05) is 25.0 Å². The molecule has 1 aliphatic heterocycles. The normalized spacial score (nSPS) is 14.7. The number of fused-ring (bicyclic) bond motifs is 3. The van der Waals surface area contributed by atoms with Gasteiger partial charge in [0.05, 0.1) is 5.52 Å². The number of nitrogens with zero attached hydrogens (tertiary/aromatic N) is 1. The van der Waals surface area contributed by atoms with Crippen LogP contribution in [0.25, 0.3) is 32.9 Å². The van der Waals surface area contributed by atoms with Gasteiger partial charge in [-0.1, -0.05) is 86.1 Å². The summed E-state index contributed by atoms with van der Waals surface area (Å²) in [6.45, 7) is 7.15. The molecular formula is C36H38ClN3O. The second-order valence-corrected chi connectivity index (χ2v) is 12.1. The van der Waals surface area contributed by atoms with Gasteiger partial charge in [0.15, 0.2) is 0 Å². The Bertz CT molecular complexity index is 1680. The topological polar surface area (TPSA) is 48.1 Å². The van der Waals surface area contributed by atoms with Crippen LogP contribution in [0.15, 0.2) is 84.9 Å². The van der Waals surface area contributed by atoms with Crippen molar-refractivity contribution in [2.45, 2.75) is 45.4 Å². The molecule has 0 radical (unpaired) electrons. The van der Waals surface area contributed by atoms with Crippen LogP contribution in [0.4, 0.5) is 5.69 Å². The van der Waals surface area contributed by atoms with Crippen molar-refractivity contribution in [3.63, 3.8) is 0 Å². The molecule has 0 atom stereocenters. The van der Waals surface area contributed by atoms with Gasteiger partial charge in [-0.25, -0.2) is 0 Å². The summed E-state index contributed by atoms with van der Waals surface area (Å²) in [4.78, 5) is 18.6. The Kier molecular flexibility index (Phi) is 8.13. The third-order valence-electron chi connectivity index (χ3n) is 8.56. The number of carbonyl (C=O) groups excluding carboxylic acids is 1. The van der Waals surface area contributed by atoms with Crippen molar-refractivity contribution in [3.05, 3.63) is 101 Å². The van der Waals surface area contributed by atoms with Crippen molar-refractivity contribution in [1.29, 1.82) is 0 Å². The van der Waals surface area contributed by atoms with Gasteiger partial charge in [-0.3, -0.25) is 4.79 Å². The van der Waals surface area contributed by atoms with E-state index in [1.165, 1.54) is 38.5 Å². The molecule has 1 amide bonds. The summed E-state index contributed by atoms with van der Waals surface area (Å²) >= 11 is 6.41. The fourth-order valence-electron chi connectivity index (χ4n) is 6.27. The number of halogens is 1. The first kappa shape index (κ1) is 27.6. The summed E-state index contributed by atoms with van der Waals surface area (Å²) in [7, 11) is 0. The summed E-state index contributed by atoms with van der Waals surface area (Å²) in [6, 6.07) is 29.7. The van der Waals surface area contributed by atoms with Gasteiger partial charge in [0.2, 0.25) is 5.91 Å². The fourth-order valence-corrected chi connectivity index (χ4v) is 6.46. The molecule has 0 spiro atoms. The number of benzene rings is 4. The molecule has 6 rings (SSSR count). The molecule has 1 aromatic heterocycles. The first-order chi connectivity index (χ1) is 20.0. The number of amides is 1. The predicted molar refractivity (Wildman–Crippen MR) is 173 cm³/mol. The van der Waals surface area contributed by atoms with E-state index >= 15 is 0 Å². The third kappa shape index (κ3) is 6.05. The van der Waals surface area contributed by atoms with Gasteiger partial charge in [-0.2, -0.15) is 0 Å². The van der Waals surface area contributed by atoms with Gasteiger partial charge >= 0.3 is 0 Å². The monoisotopic (exact) mass is 563 g/mol. The lowest BCUT2D eigenvalue weighted by Gasteiger charge is -2.32. The molecule has 2 N–H and O–H groups in total. The van der Waals surface area contributed by atoms with E-state index in [1.807, 2.05) is 32.0 Å². The average molecular weight is 564 g/mol. The van der Waals surface area contributed by atoms with E-state index < -0.39 is 0 Å². The van der Waals surface area contributed by atoms with Crippen LogP contribution >= 0.6 is 11.6 Å². The zero-order valence-corrected chi connectivity index (χ0v) is 24.7. The van der Waals surface area contributed by atoms with Gasteiger partial charge in [0, 0.05) is 33.1 Å². The van der Waals surface area contributed by atoms with E-state index in [2.05, 4.69) is 81.9 Å². The maximum Gasteiger partial charge on any atom is 0.226 e. The highest BCUT2D eigenvalue weighted by atomic mass is 35.5. The van der Waals surface area contributed by atoms with Crippen LogP contribution in [0, 0.1) is 5.92 Å². The Morgan fingerprint density at radius 2 is 1.76 bits per heavy atom. The number of H-pyrrole nitrogens is 1. The predicted octanol–water partition coefficient (Wildman–Crippen LogP) is 9.05. The quantitative estimate of drug-likeness (QED) is 0.198. The van der Waals surface area contributed by atoms with Crippen molar-refractivity contribution in [3.8, 4) is 11.3 Å². The Morgan fingerprint density at radius 3 is 2.56 bits per heavy atom. The number of nitrogens with one attached hydrogen (secondary N) is 2. The van der Waals surface area contributed by atoms with E-state index in [0.717, 1.165) is 61.6 Å². The summed E-state index contributed by atoms with van der Waals surface area (Å²) in [5.41, 5.74) is 7.15.